The molecule has 4 aromatic rings. The molecule has 110 valence electrons. The minimum absolute atomic E-state index is 0.312. The molecule has 4 rings (SSSR count). The lowest BCUT2D eigenvalue weighted by atomic mass is 10.2. The van der Waals surface area contributed by atoms with Crippen molar-refractivity contribution >= 4 is 16.3 Å². The van der Waals surface area contributed by atoms with Crippen LogP contribution in [0.2, 0.25) is 0 Å². The number of hydrogen-bond donors (Lipinski definition) is 0. The Balaban J connectivity index is 1.88. The zero-order valence-electron chi connectivity index (χ0n) is 11.9. The third-order valence-corrected chi connectivity index (χ3v) is 4.47. The molecule has 8 heteroatoms. The van der Waals surface area contributed by atoms with Gasteiger partial charge in [0.2, 0.25) is 4.96 Å². The van der Waals surface area contributed by atoms with Crippen LogP contribution in [0.25, 0.3) is 26.9 Å². The highest BCUT2D eigenvalue weighted by Crippen LogP contribution is 2.29. The SMILES string of the molecule is Cc1c(-c2nn3c(-c4cccc(F)c4)nnc3s2)cnn1C. The fourth-order valence-corrected chi connectivity index (χ4v) is 3.14. The van der Waals surface area contributed by atoms with Crippen molar-refractivity contribution in [3.63, 3.8) is 0 Å². The molecule has 0 aliphatic rings. The van der Waals surface area contributed by atoms with Gasteiger partial charge in [-0.3, -0.25) is 4.68 Å². The van der Waals surface area contributed by atoms with Gasteiger partial charge in [-0.2, -0.15) is 14.7 Å². The summed E-state index contributed by atoms with van der Waals surface area (Å²) in [6.45, 7) is 1.98. The molecule has 0 aliphatic carbocycles. The minimum atomic E-state index is -0.312. The number of aryl methyl sites for hydroxylation is 1. The Morgan fingerprint density at radius 1 is 1.23 bits per heavy atom. The van der Waals surface area contributed by atoms with E-state index in [0.717, 1.165) is 16.3 Å². The first-order valence-electron chi connectivity index (χ1n) is 6.60. The van der Waals surface area contributed by atoms with Crippen LogP contribution in [0.1, 0.15) is 5.69 Å². The number of fused-ring (bicyclic) bond motifs is 1. The number of hydrogen-bond acceptors (Lipinski definition) is 5. The quantitative estimate of drug-likeness (QED) is 0.571. The Hall–Kier alpha value is -2.61. The highest BCUT2D eigenvalue weighted by atomic mass is 32.1. The topological polar surface area (TPSA) is 60.9 Å². The van der Waals surface area contributed by atoms with Crippen molar-refractivity contribution in [1.82, 2.24) is 29.6 Å². The Kier molecular flexibility index (Phi) is 2.80. The van der Waals surface area contributed by atoms with Gasteiger partial charge < -0.3 is 0 Å². The molecule has 3 aromatic heterocycles. The van der Waals surface area contributed by atoms with E-state index >= 15 is 0 Å². The molecule has 1 aromatic carbocycles. The number of halogens is 1. The second-order valence-corrected chi connectivity index (χ2v) is 5.86. The van der Waals surface area contributed by atoms with Crippen molar-refractivity contribution in [1.29, 1.82) is 0 Å². The standard InChI is InChI=1S/C14H11FN6S/c1-8-11(7-16-20(8)2)13-19-21-12(17-18-14(21)22-13)9-4-3-5-10(15)6-9/h3-7H,1-2H3. The van der Waals surface area contributed by atoms with E-state index in [4.69, 9.17) is 0 Å². The summed E-state index contributed by atoms with van der Waals surface area (Å²) in [7, 11) is 1.89. The van der Waals surface area contributed by atoms with E-state index in [9.17, 15) is 4.39 Å². The van der Waals surface area contributed by atoms with Crippen LogP contribution in [0.3, 0.4) is 0 Å². The molecule has 22 heavy (non-hydrogen) atoms. The van der Waals surface area contributed by atoms with Crippen molar-refractivity contribution in [2.45, 2.75) is 6.92 Å². The van der Waals surface area contributed by atoms with Gasteiger partial charge in [-0.1, -0.05) is 23.5 Å². The van der Waals surface area contributed by atoms with Crippen LogP contribution in [-0.2, 0) is 7.05 Å². The van der Waals surface area contributed by atoms with Crippen molar-refractivity contribution in [2.24, 2.45) is 7.05 Å². The zero-order chi connectivity index (χ0) is 15.3. The van der Waals surface area contributed by atoms with Gasteiger partial charge in [-0.15, -0.1) is 10.2 Å². The largest absolute Gasteiger partial charge is 0.272 e. The smallest absolute Gasteiger partial charge is 0.235 e. The molecule has 0 amide bonds. The molecule has 0 atom stereocenters. The highest BCUT2D eigenvalue weighted by Gasteiger charge is 2.17. The molecule has 6 nitrogen and oxygen atoms in total. The third-order valence-electron chi connectivity index (χ3n) is 3.54. The van der Waals surface area contributed by atoms with E-state index in [0.29, 0.717) is 16.3 Å². The lowest BCUT2D eigenvalue weighted by Gasteiger charge is -1.97. The van der Waals surface area contributed by atoms with E-state index in [1.54, 1.807) is 27.5 Å². The van der Waals surface area contributed by atoms with Crippen LogP contribution in [0.4, 0.5) is 4.39 Å². The molecule has 0 aliphatic heterocycles. The number of benzene rings is 1. The first-order chi connectivity index (χ1) is 10.6. The average molecular weight is 314 g/mol. The maximum absolute atomic E-state index is 13.4. The van der Waals surface area contributed by atoms with E-state index in [-0.39, 0.29) is 5.82 Å². The van der Waals surface area contributed by atoms with Crippen molar-refractivity contribution in [2.75, 3.05) is 0 Å². The molecule has 0 saturated carbocycles. The molecule has 0 unspecified atom stereocenters. The first kappa shape index (κ1) is 13.1. The van der Waals surface area contributed by atoms with Gasteiger partial charge in [-0.05, 0) is 19.1 Å². The number of rotatable bonds is 2. The van der Waals surface area contributed by atoms with Crippen LogP contribution in [0, 0.1) is 12.7 Å². The Morgan fingerprint density at radius 2 is 2.09 bits per heavy atom. The summed E-state index contributed by atoms with van der Waals surface area (Å²) >= 11 is 1.43. The summed E-state index contributed by atoms with van der Waals surface area (Å²) in [5.74, 6) is 0.214. The second kappa shape index (κ2) is 4.70. The predicted octanol–water partition coefficient (Wildman–Crippen LogP) is 2.70. The summed E-state index contributed by atoms with van der Waals surface area (Å²) in [4.78, 5) is 0.664. The van der Waals surface area contributed by atoms with Crippen molar-refractivity contribution in [3.05, 3.63) is 42.0 Å². The Bertz CT molecular complexity index is 982. The van der Waals surface area contributed by atoms with E-state index < -0.39 is 0 Å². The number of nitrogens with zero attached hydrogens (tertiary/aromatic N) is 6. The van der Waals surface area contributed by atoms with Gasteiger partial charge in [0.15, 0.2) is 10.8 Å². The van der Waals surface area contributed by atoms with Gasteiger partial charge in [0.25, 0.3) is 0 Å². The first-order valence-corrected chi connectivity index (χ1v) is 7.42. The maximum Gasteiger partial charge on any atom is 0.235 e. The van der Waals surface area contributed by atoms with Crippen molar-refractivity contribution < 1.29 is 4.39 Å². The monoisotopic (exact) mass is 314 g/mol. The third kappa shape index (κ3) is 1.92. The molecule has 0 fully saturated rings. The van der Waals surface area contributed by atoms with Crippen LogP contribution in [0.15, 0.2) is 30.5 Å². The molecular formula is C14H11FN6S. The van der Waals surface area contributed by atoms with E-state index in [1.807, 2.05) is 14.0 Å². The van der Waals surface area contributed by atoms with Crippen LogP contribution in [0.5, 0.6) is 0 Å². The summed E-state index contributed by atoms with van der Waals surface area (Å²) < 4.78 is 16.8. The van der Waals surface area contributed by atoms with Gasteiger partial charge in [0.05, 0.1) is 11.8 Å². The molecular weight excluding hydrogens is 303 g/mol. The van der Waals surface area contributed by atoms with Gasteiger partial charge >= 0.3 is 0 Å². The normalized spacial score (nSPS) is 11.4. The van der Waals surface area contributed by atoms with Gasteiger partial charge in [0.1, 0.15) is 5.82 Å². The lowest BCUT2D eigenvalue weighted by molar-refractivity contribution is 0.628. The molecule has 3 heterocycles. The second-order valence-electron chi connectivity index (χ2n) is 4.90. The maximum atomic E-state index is 13.4. The van der Waals surface area contributed by atoms with Gasteiger partial charge in [0, 0.05) is 18.3 Å². The fraction of sp³-hybridized carbons (Fsp3) is 0.143. The van der Waals surface area contributed by atoms with E-state index in [2.05, 4.69) is 20.4 Å². The molecule has 0 bridgehead atoms. The number of aromatic nitrogens is 6. The molecule has 0 saturated heterocycles. The predicted molar refractivity (Wildman–Crippen MR) is 81.0 cm³/mol. The summed E-state index contributed by atoms with van der Waals surface area (Å²) in [6.07, 6.45) is 1.78. The molecule has 0 N–H and O–H groups in total. The Morgan fingerprint density at radius 3 is 2.82 bits per heavy atom. The average Bonchev–Trinajstić information content (AvgIpc) is 3.14. The Labute approximate surface area is 128 Å². The summed E-state index contributed by atoms with van der Waals surface area (Å²) in [5, 5.41) is 17.8. The summed E-state index contributed by atoms with van der Waals surface area (Å²) in [6, 6.07) is 6.25. The zero-order valence-corrected chi connectivity index (χ0v) is 12.7. The van der Waals surface area contributed by atoms with Crippen LogP contribution in [-0.4, -0.2) is 29.6 Å². The van der Waals surface area contributed by atoms with Crippen LogP contribution < -0.4 is 0 Å². The summed E-state index contributed by atoms with van der Waals surface area (Å²) in [5.41, 5.74) is 2.63. The lowest BCUT2D eigenvalue weighted by Crippen LogP contribution is -1.93. The molecule has 0 spiro atoms. The van der Waals surface area contributed by atoms with Crippen LogP contribution >= 0.6 is 11.3 Å². The fourth-order valence-electron chi connectivity index (χ4n) is 2.24. The minimum Gasteiger partial charge on any atom is -0.272 e. The highest BCUT2D eigenvalue weighted by molar-refractivity contribution is 7.19. The molecule has 0 radical (unpaired) electrons. The van der Waals surface area contributed by atoms with E-state index in [1.165, 1.54) is 23.5 Å². The van der Waals surface area contributed by atoms with Gasteiger partial charge in [-0.25, -0.2) is 4.39 Å². The van der Waals surface area contributed by atoms with Crippen molar-refractivity contribution in [3.8, 4) is 22.0 Å².